The van der Waals surface area contributed by atoms with Crippen LogP contribution in [0.2, 0.25) is 0 Å². The number of carbonyl (C=O) groups excluding carboxylic acids is 2. The molecule has 53 heavy (non-hydrogen) atoms. The van der Waals surface area contributed by atoms with Crippen LogP contribution < -0.4 is 19.7 Å². The lowest BCUT2D eigenvalue weighted by atomic mass is 10.2. The van der Waals surface area contributed by atoms with Crippen molar-refractivity contribution in [1.29, 1.82) is 0 Å². The maximum Gasteiger partial charge on any atom is 0.410 e. The molecular formula is C38H49N5O10. The summed E-state index contributed by atoms with van der Waals surface area (Å²) in [5.41, 5.74) is 2.51. The third-order valence-electron chi connectivity index (χ3n) is 7.70. The smallest absolute Gasteiger partial charge is 0.410 e. The maximum atomic E-state index is 12.5. The van der Waals surface area contributed by atoms with Crippen LogP contribution in [0.3, 0.4) is 0 Å². The first-order valence-electron chi connectivity index (χ1n) is 17.7. The number of benzene rings is 2. The van der Waals surface area contributed by atoms with Gasteiger partial charge in [0.15, 0.2) is 5.58 Å². The van der Waals surface area contributed by atoms with E-state index >= 15 is 0 Å². The number of ether oxygens (including phenoxy) is 7. The fourth-order valence-corrected chi connectivity index (χ4v) is 5.05. The lowest BCUT2D eigenvalue weighted by molar-refractivity contribution is 0.00902. The van der Waals surface area contributed by atoms with E-state index < -0.39 is 11.7 Å². The van der Waals surface area contributed by atoms with Gasteiger partial charge in [-0.1, -0.05) is 30.3 Å². The number of aromatic nitrogens is 2. The Morgan fingerprint density at radius 1 is 0.792 bits per heavy atom. The molecule has 2 aromatic carbocycles. The van der Waals surface area contributed by atoms with E-state index in [0.717, 1.165) is 11.3 Å². The van der Waals surface area contributed by atoms with Gasteiger partial charge in [-0.05, 0) is 50.6 Å². The third kappa shape index (κ3) is 13.7. The van der Waals surface area contributed by atoms with E-state index in [-0.39, 0.29) is 19.3 Å². The van der Waals surface area contributed by atoms with Crippen LogP contribution in [0, 0.1) is 0 Å². The van der Waals surface area contributed by atoms with Crippen LogP contribution in [-0.4, -0.2) is 112 Å². The third-order valence-corrected chi connectivity index (χ3v) is 7.70. The molecular weight excluding hydrogens is 686 g/mol. The van der Waals surface area contributed by atoms with Gasteiger partial charge in [-0.3, -0.25) is 4.98 Å². The Balaban J connectivity index is 0.905. The van der Waals surface area contributed by atoms with Gasteiger partial charge in [0.1, 0.15) is 42.4 Å². The first-order valence-corrected chi connectivity index (χ1v) is 17.7. The second-order valence-corrected chi connectivity index (χ2v) is 13.0. The number of nitrogens with zero attached hydrogens (tertiary/aromatic N) is 4. The summed E-state index contributed by atoms with van der Waals surface area (Å²) in [5.74, 6) is 1.28. The number of amides is 2. The molecule has 3 heterocycles. The van der Waals surface area contributed by atoms with Crippen LogP contribution in [0.1, 0.15) is 32.0 Å². The van der Waals surface area contributed by atoms with Crippen molar-refractivity contribution in [2.24, 2.45) is 0 Å². The molecule has 0 radical (unpaired) electrons. The van der Waals surface area contributed by atoms with Crippen LogP contribution in [-0.2, 0) is 36.9 Å². The molecule has 15 nitrogen and oxygen atoms in total. The van der Waals surface area contributed by atoms with E-state index in [4.69, 9.17) is 37.6 Å². The standard InChI is InChI=1S/C38H49N5O10/c1-38(2,3)53-36(44)39-13-18-46-19-20-47-21-22-48-23-24-49-32-10-9-30(40-26-32)28-50-31-11-12-34-33(25-31)41-35(52-34)42-14-16-43(17-15-42)37(45)51-27-29-7-5-4-6-8-29/h4-12,25-26H,13-24,27-28H2,1-3H3,(H,39,44). The molecule has 0 spiro atoms. The van der Waals surface area contributed by atoms with Crippen molar-refractivity contribution in [3.05, 3.63) is 78.1 Å². The topological polar surface area (TPSA) is 156 Å². The number of anilines is 1. The number of carbonyl (C=O) groups is 2. The van der Waals surface area contributed by atoms with Gasteiger partial charge < -0.3 is 52.7 Å². The predicted molar refractivity (Wildman–Crippen MR) is 195 cm³/mol. The molecule has 1 N–H and O–H groups in total. The number of pyridine rings is 1. The molecule has 0 bridgehead atoms. The Bertz CT molecular complexity index is 1690. The molecule has 0 aliphatic carbocycles. The Labute approximate surface area is 309 Å². The van der Waals surface area contributed by atoms with E-state index in [9.17, 15) is 9.59 Å². The zero-order valence-corrected chi connectivity index (χ0v) is 30.6. The van der Waals surface area contributed by atoms with Crippen LogP contribution in [0.5, 0.6) is 11.5 Å². The quantitative estimate of drug-likeness (QED) is 0.125. The van der Waals surface area contributed by atoms with Crippen molar-refractivity contribution in [3.63, 3.8) is 0 Å². The van der Waals surface area contributed by atoms with Gasteiger partial charge in [0.25, 0.3) is 6.01 Å². The highest BCUT2D eigenvalue weighted by Gasteiger charge is 2.25. The van der Waals surface area contributed by atoms with Crippen LogP contribution in [0.15, 0.2) is 71.3 Å². The summed E-state index contributed by atoms with van der Waals surface area (Å²) in [7, 11) is 0. The van der Waals surface area contributed by atoms with Gasteiger partial charge in [-0.2, -0.15) is 4.98 Å². The molecule has 1 aliphatic heterocycles. The molecule has 4 aromatic rings. The van der Waals surface area contributed by atoms with Gasteiger partial charge >= 0.3 is 12.2 Å². The molecule has 286 valence electrons. The van der Waals surface area contributed by atoms with E-state index in [1.54, 1.807) is 11.1 Å². The number of hydrogen-bond donors (Lipinski definition) is 1. The van der Waals surface area contributed by atoms with Crippen LogP contribution >= 0.6 is 0 Å². The first-order chi connectivity index (χ1) is 25.7. The zero-order valence-electron chi connectivity index (χ0n) is 30.6. The normalized spacial score (nSPS) is 13.2. The predicted octanol–water partition coefficient (Wildman–Crippen LogP) is 5.21. The number of hydrogen-bond acceptors (Lipinski definition) is 13. The molecule has 1 saturated heterocycles. The number of fused-ring (bicyclic) bond motifs is 1. The highest BCUT2D eigenvalue weighted by atomic mass is 16.6. The van der Waals surface area contributed by atoms with Crippen LogP contribution in [0.4, 0.5) is 15.6 Å². The minimum absolute atomic E-state index is 0.250. The minimum atomic E-state index is -0.525. The van der Waals surface area contributed by atoms with Gasteiger partial charge in [-0.25, -0.2) is 9.59 Å². The summed E-state index contributed by atoms with van der Waals surface area (Å²) >= 11 is 0. The Hall–Kier alpha value is -5.12. The van der Waals surface area contributed by atoms with E-state index in [1.165, 1.54) is 0 Å². The number of piperazine rings is 1. The van der Waals surface area contributed by atoms with Crippen molar-refractivity contribution < 1.29 is 47.2 Å². The summed E-state index contributed by atoms with van der Waals surface area (Å²) < 4.78 is 44.8. The molecule has 0 saturated carbocycles. The summed E-state index contributed by atoms with van der Waals surface area (Å²) in [4.78, 5) is 36.9. The van der Waals surface area contributed by atoms with Gasteiger partial charge in [0, 0.05) is 38.8 Å². The van der Waals surface area contributed by atoms with Crippen molar-refractivity contribution >= 4 is 29.3 Å². The van der Waals surface area contributed by atoms with E-state index in [1.807, 2.05) is 86.3 Å². The maximum absolute atomic E-state index is 12.5. The number of alkyl carbamates (subject to hydrolysis) is 1. The molecule has 5 rings (SSSR count). The first kappa shape index (κ1) is 39.1. The van der Waals surface area contributed by atoms with Crippen molar-refractivity contribution in [2.45, 2.75) is 39.6 Å². The van der Waals surface area contributed by atoms with Gasteiger partial charge in [0.2, 0.25) is 0 Å². The minimum Gasteiger partial charge on any atom is -0.490 e. The van der Waals surface area contributed by atoms with Crippen molar-refractivity contribution in [3.8, 4) is 11.5 Å². The largest absolute Gasteiger partial charge is 0.490 e. The highest BCUT2D eigenvalue weighted by molar-refractivity contribution is 5.76. The van der Waals surface area contributed by atoms with Crippen LogP contribution in [0.25, 0.3) is 11.1 Å². The van der Waals surface area contributed by atoms with Gasteiger partial charge in [-0.15, -0.1) is 0 Å². The zero-order chi connectivity index (χ0) is 37.3. The summed E-state index contributed by atoms with van der Waals surface area (Å²) in [6, 6.07) is 19.3. The Morgan fingerprint density at radius 3 is 2.19 bits per heavy atom. The summed E-state index contributed by atoms with van der Waals surface area (Å²) in [6.45, 7) is 11.4. The van der Waals surface area contributed by atoms with E-state index in [0.29, 0.717) is 108 Å². The van der Waals surface area contributed by atoms with Gasteiger partial charge in [0.05, 0.1) is 51.5 Å². The molecule has 1 aliphatic rings. The summed E-state index contributed by atoms with van der Waals surface area (Å²) in [5, 5.41) is 2.63. The number of oxazole rings is 1. The highest BCUT2D eigenvalue weighted by Crippen LogP contribution is 2.27. The molecule has 0 atom stereocenters. The summed E-state index contributed by atoms with van der Waals surface area (Å²) in [6.07, 6.45) is 0.870. The van der Waals surface area contributed by atoms with Crippen molar-refractivity contribution in [1.82, 2.24) is 20.2 Å². The Kier molecular flexibility index (Phi) is 14.9. The second-order valence-electron chi connectivity index (χ2n) is 13.0. The SMILES string of the molecule is CC(C)(C)OC(=O)NCCOCCOCCOCCOc1ccc(COc2ccc3oc(N4CCN(C(=O)OCc5ccccc5)CC4)nc3c2)nc1. The second kappa shape index (κ2) is 20.2. The lowest BCUT2D eigenvalue weighted by Crippen LogP contribution is -2.49. The average molecular weight is 736 g/mol. The molecule has 1 fully saturated rings. The molecule has 2 amide bonds. The molecule has 2 aromatic heterocycles. The monoisotopic (exact) mass is 735 g/mol. The average Bonchev–Trinajstić information content (AvgIpc) is 3.59. The molecule has 15 heteroatoms. The van der Waals surface area contributed by atoms with Crippen molar-refractivity contribution in [2.75, 3.05) is 83.9 Å². The Morgan fingerprint density at radius 2 is 1.49 bits per heavy atom. The molecule has 0 unspecified atom stereocenters. The van der Waals surface area contributed by atoms with E-state index in [2.05, 4.69) is 15.3 Å². The number of rotatable bonds is 19. The number of nitrogens with one attached hydrogen (secondary N) is 1. The lowest BCUT2D eigenvalue weighted by Gasteiger charge is -2.33. The fraction of sp³-hybridized carbons (Fsp3) is 0.474. The fourth-order valence-electron chi connectivity index (χ4n) is 5.05.